The number of para-hydroxylation sites is 2. The third-order valence-electron chi connectivity index (χ3n) is 5.31. The van der Waals surface area contributed by atoms with Crippen LogP contribution in [-0.4, -0.2) is 34.0 Å². The van der Waals surface area contributed by atoms with Gasteiger partial charge in [-0.15, -0.1) is 0 Å². The first-order valence-corrected chi connectivity index (χ1v) is 9.19. The Morgan fingerprint density at radius 1 is 1.00 bits per heavy atom. The van der Waals surface area contributed by atoms with E-state index in [1.54, 1.807) is 17.1 Å². The first-order valence-electron chi connectivity index (χ1n) is 9.19. The second-order valence-corrected chi connectivity index (χ2v) is 6.93. The van der Waals surface area contributed by atoms with Crippen molar-refractivity contribution in [3.05, 3.63) is 60.8 Å². The summed E-state index contributed by atoms with van der Waals surface area (Å²) in [4.78, 5) is 9.16. The number of benzene rings is 1. The van der Waals surface area contributed by atoms with E-state index in [1.165, 1.54) is 0 Å². The van der Waals surface area contributed by atoms with Crippen LogP contribution in [0.1, 0.15) is 5.82 Å². The van der Waals surface area contributed by atoms with Gasteiger partial charge in [0.25, 0.3) is 0 Å². The molecule has 0 saturated heterocycles. The lowest BCUT2D eigenvalue weighted by Crippen LogP contribution is -2.04. The van der Waals surface area contributed by atoms with Crippen molar-refractivity contribution >= 4 is 21.9 Å². The molecule has 0 aliphatic rings. The van der Waals surface area contributed by atoms with Crippen molar-refractivity contribution in [2.45, 2.75) is 13.0 Å². The second kappa shape index (κ2) is 6.23. The van der Waals surface area contributed by atoms with Crippen molar-refractivity contribution in [3.63, 3.8) is 0 Å². The van der Waals surface area contributed by atoms with Gasteiger partial charge in [-0.3, -0.25) is 9.67 Å². The molecule has 5 rings (SSSR count). The highest BCUT2D eigenvalue weighted by molar-refractivity contribution is 5.97. The van der Waals surface area contributed by atoms with Gasteiger partial charge in [0.1, 0.15) is 5.82 Å². The Morgan fingerprint density at radius 3 is 2.64 bits per heavy atom. The summed E-state index contributed by atoms with van der Waals surface area (Å²) in [5, 5.41) is 15.9. The Hall–Kier alpha value is -3.61. The molecule has 28 heavy (non-hydrogen) atoms. The van der Waals surface area contributed by atoms with Gasteiger partial charge in [0.05, 0.1) is 27.6 Å². The average Bonchev–Trinajstić information content (AvgIpc) is 3.37. The lowest BCUT2D eigenvalue weighted by molar-refractivity contribution is 0.421. The fourth-order valence-corrected chi connectivity index (χ4v) is 3.82. The molecular weight excluding hydrogens is 352 g/mol. The highest BCUT2D eigenvalue weighted by Gasteiger charge is 2.17. The lowest BCUT2D eigenvalue weighted by Gasteiger charge is -2.07. The van der Waals surface area contributed by atoms with Crippen molar-refractivity contribution in [3.8, 4) is 17.1 Å². The van der Waals surface area contributed by atoms with E-state index in [2.05, 4.69) is 20.7 Å². The molecule has 7 nitrogen and oxygen atoms in total. The maximum absolute atomic E-state index is 10.9. The minimum atomic E-state index is 0.220. The smallest absolute Gasteiger partial charge is 0.201 e. The number of hydrogen-bond acceptors (Lipinski definition) is 4. The maximum atomic E-state index is 10.9. The molecule has 140 valence electrons. The topological polar surface area (TPSA) is 73.7 Å². The SMILES string of the molecule is Cn1nccc1-c1ccnc2cn(CCc3nc4ccccc4n3C)c(O)c12. The molecule has 0 bridgehead atoms. The summed E-state index contributed by atoms with van der Waals surface area (Å²) >= 11 is 0. The van der Waals surface area contributed by atoms with Crippen molar-refractivity contribution in [1.29, 1.82) is 0 Å². The molecule has 1 aromatic carbocycles. The van der Waals surface area contributed by atoms with Crippen LogP contribution in [-0.2, 0) is 27.1 Å². The number of hydrogen-bond donors (Lipinski definition) is 1. The molecule has 0 radical (unpaired) electrons. The fourth-order valence-electron chi connectivity index (χ4n) is 3.82. The zero-order chi connectivity index (χ0) is 19.3. The molecule has 1 N–H and O–H groups in total. The van der Waals surface area contributed by atoms with E-state index < -0.39 is 0 Å². The second-order valence-electron chi connectivity index (χ2n) is 6.93. The number of aryl methyl sites for hydroxylation is 4. The van der Waals surface area contributed by atoms with Gasteiger partial charge in [-0.1, -0.05) is 12.1 Å². The van der Waals surface area contributed by atoms with E-state index in [0.717, 1.165) is 39.0 Å². The molecule has 0 saturated carbocycles. The zero-order valence-electron chi connectivity index (χ0n) is 15.7. The predicted molar refractivity (Wildman–Crippen MR) is 108 cm³/mol. The number of pyridine rings is 1. The monoisotopic (exact) mass is 372 g/mol. The number of aromatic hydroxyl groups is 1. The van der Waals surface area contributed by atoms with Gasteiger partial charge in [-0.2, -0.15) is 5.10 Å². The molecule has 4 heterocycles. The van der Waals surface area contributed by atoms with Gasteiger partial charge < -0.3 is 14.2 Å². The maximum Gasteiger partial charge on any atom is 0.201 e. The summed E-state index contributed by atoms with van der Waals surface area (Å²) in [6.45, 7) is 0.615. The predicted octanol–water partition coefficient (Wildman–Crippen LogP) is 3.27. The lowest BCUT2D eigenvalue weighted by atomic mass is 10.1. The molecule has 0 unspecified atom stereocenters. The van der Waals surface area contributed by atoms with Gasteiger partial charge in [0, 0.05) is 51.2 Å². The van der Waals surface area contributed by atoms with E-state index in [1.807, 2.05) is 55.2 Å². The molecule has 4 aromatic heterocycles. The van der Waals surface area contributed by atoms with E-state index in [-0.39, 0.29) is 5.88 Å². The van der Waals surface area contributed by atoms with Crippen molar-refractivity contribution in [1.82, 2.24) is 28.9 Å². The summed E-state index contributed by atoms with van der Waals surface area (Å²) < 4.78 is 5.75. The summed E-state index contributed by atoms with van der Waals surface area (Å²) in [5.74, 6) is 1.20. The Labute approximate surface area is 161 Å². The van der Waals surface area contributed by atoms with E-state index in [4.69, 9.17) is 4.98 Å². The van der Waals surface area contributed by atoms with Crippen LogP contribution < -0.4 is 0 Å². The first kappa shape index (κ1) is 16.6. The first-order chi connectivity index (χ1) is 13.6. The Kier molecular flexibility index (Phi) is 3.68. The van der Waals surface area contributed by atoms with Crippen molar-refractivity contribution in [2.75, 3.05) is 0 Å². The van der Waals surface area contributed by atoms with Gasteiger partial charge in [0.15, 0.2) is 0 Å². The number of nitrogens with zero attached hydrogens (tertiary/aromatic N) is 6. The quantitative estimate of drug-likeness (QED) is 0.525. The van der Waals surface area contributed by atoms with Crippen molar-refractivity contribution < 1.29 is 5.11 Å². The molecule has 0 aliphatic carbocycles. The van der Waals surface area contributed by atoms with Gasteiger partial charge >= 0.3 is 0 Å². The van der Waals surface area contributed by atoms with Crippen LogP contribution in [0.5, 0.6) is 5.88 Å². The van der Waals surface area contributed by atoms with E-state index in [9.17, 15) is 5.11 Å². The summed E-state index contributed by atoms with van der Waals surface area (Å²) in [6, 6.07) is 11.9. The largest absolute Gasteiger partial charge is 0.494 e. The summed E-state index contributed by atoms with van der Waals surface area (Å²) in [7, 11) is 3.92. The minimum absolute atomic E-state index is 0.220. The Morgan fingerprint density at radius 2 is 1.86 bits per heavy atom. The summed E-state index contributed by atoms with van der Waals surface area (Å²) in [6.07, 6.45) is 6.12. The molecular formula is C21H20N6O. The number of fused-ring (bicyclic) bond motifs is 2. The van der Waals surface area contributed by atoms with Crippen molar-refractivity contribution in [2.24, 2.45) is 14.1 Å². The molecule has 0 aliphatic heterocycles. The molecule has 0 spiro atoms. The van der Waals surface area contributed by atoms with Crippen LogP contribution in [0.3, 0.4) is 0 Å². The zero-order valence-corrected chi connectivity index (χ0v) is 15.7. The third-order valence-corrected chi connectivity index (χ3v) is 5.31. The van der Waals surface area contributed by atoms with Crippen LogP contribution >= 0.6 is 0 Å². The highest BCUT2D eigenvalue weighted by Crippen LogP contribution is 2.35. The minimum Gasteiger partial charge on any atom is -0.494 e. The van der Waals surface area contributed by atoms with Gasteiger partial charge in [-0.25, -0.2) is 4.98 Å². The normalized spacial score (nSPS) is 11.6. The Balaban J connectivity index is 1.52. The highest BCUT2D eigenvalue weighted by atomic mass is 16.3. The van der Waals surface area contributed by atoms with Gasteiger partial charge in [0.2, 0.25) is 5.88 Å². The van der Waals surface area contributed by atoms with Gasteiger partial charge in [-0.05, 0) is 24.3 Å². The molecule has 5 aromatic rings. The van der Waals surface area contributed by atoms with E-state index in [0.29, 0.717) is 13.0 Å². The van der Waals surface area contributed by atoms with E-state index >= 15 is 0 Å². The molecule has 7 heteroatoms. The Bertz CT molecular complexity index is 1310. The number of rotatable bonds is 4. The third kappa shape index (κ3) is 2.47. The van der Waals surface area contributed by atoms with Crippen LogP contribution in [0.25, 0.3) is 33.2 Å². The van der Waals surface area contributed by atoms with Crippen LogP contribution in [0.15, 0.2) is 55.0 Å². The molecule has 0 atom stereocenters. The van der Waals surface area contributed by atoms with Crippen LogP contribution in [0.2, 0.25) is 0 Å². The standard InChI is InChI=1S/C21H20N6O/c1-25-18-6-4-3-5-15(18)24-19(25)9-12-27-13-16-20(21(27)28)14(7-10-22-16)17-8-11-23-26(17)2/h3-8,10-11,13,28H,9,12H2,1-2H3. The summed E-state index contributed by atoms with van der Waals surface area (Å²) in [5.41, 5.74) is 4.72. The molecule has 0 amide bonds. The fraction of sp³-hybridized carbons (Fsp3) is 0.190. The van der Waals surface area contributed by atoms with Crippen LogP contribution in [0.4, 0.5) is 0 Å². The van der Waals surface area contributed by atoms with Crippen LogP contribution in [0, 0.1) is 0 Å². The molecule has 0 fully saturated rings. The number of imidazole rings is 1. The average molecular weight is 372 g/mol. The number of aromatic nitrogens is 6.